The molecule has 0 spiro atoms. The quantitative estimate of drug-likeness (QED) is 0.117. The minimum absolute atomic E-state index is 0.00660. The van der Waals surface area contributed by atoms with Crippen LogP contribution in [0.15, 0.2) is 60.9 Å². The Morgan fingerprint density at radius 3 is 1.28 bits per heavy atom. The summed E-state index contributed by atoms with van der Waals surface area (Å²) in [6, 6.07) is 5.41. The number of ether oxygens (including phenoxy) is 2. The van der Waals surface area contributed by atoms with Crippen molar-refractivity contribution in [2.24, 2.45) is 0 Å². The molecule has 0 saturated heterocycles. The van der Waals surface area contributed by atoms with Crippen molar-refractivity contribution >= 4 is 0 Å². The Balaban J connectivity index is 1.39. The van der Waals surface area contributed by atoms with Gasteiger partial charge in [-0.3, -0.25) is 0 Å². The molecule has 54 heavy (non-hydrogen) atoms. The maximum absolute atomic E-state index is 13.6. The van der Waals surface area contributed by atoms with Gasteiger partial charge in [0.1, 0.15) is 31.0 Å². The molecule has 0 fully saturated rings. The summed E-state index contributed by atoms with van der Waals surface area (Å²) < 4.78 is 175. The lowest BCUT2D eigenvalue weighted by atomic mass is 9.96. The average Bonchev–Trinajstić information content (AvgIpc) is 3.75. The lowest BCUT2D eigenvalue weighted by molar-refractivity contribution is -0.968. The number of rotatable bonds is 8. The molecule has 0 unspecified atom stereocenters. The van der Waals surface area contributed by atoms with E-state index >= 15 is 0 Å². The predicted molar refractivity (Wildman–Crippen MR) is 162 cm³/mol. The van der Waals surface area contributed by atoms with Crippen molar-refractivity contribution in [1.29, 1.82) is 0 Å². The minimum Gasteiger partial charge on any atom is -0.493 e. The highest BCUT2D eigenvalue weighted by Crippen LogP contribution is 2.40. The molecule has 3 heterocycles. The van der Waals surface area contributed by atoms with E-state index in [2.05, 4.69) is 20.6 Å². The summed E-state index contributed by atoms with van der Waals surface area (Å²) in [6.07, 6.45) is -17.7. The van der Waals surface area contributed by atoms with Gasteiger partial charge < -0.3 is 14.0 Å². The van der Waals surface area contributed by atoms with Crippen molar-refractivity contribution in [2.45, 2.75) is 50.8 Å². The molecule has 6 rings (SSSR count). The van der Waals surface area contributed by atoms with Crippen molar-refractivity contribution in [3.05, 3.63) is 106 Å². The number of nitrogens with zero attached hydrogens (tertiary/aromatic N) is 7. The summed E-state index contributed by atoms with van der Waals surface area (Å²) in [5.74, 6) is 0.823. The number of hydrogen-bond acceptors (Lipinski definition) is 6. The first-order valence-corrected chi connectivity index (χ1v) is 15.6. The van der Waals surface area contributed by atoms with Crippen LogP contribution in [0, 0.1) is 0 Å². The zero-order chi connectivity index (χ0) is 39.4. The van der Waals surface area contributed by atoms with Gasteiger partial charge in [0.2, 0.25) is 0 Å². The SMILES string of the molecule is COc1cc2c(cc1OC)C[N+](Cc1cn(-c3cc(C(F)(F)F)cc(C(F)(F)F)c3)nn1)(Cc1cn(-c3cc(C(F)(F)F)cc(C(F)(F)F)c3)nn1)CC2. The Bertz CT molecular complexity index is 1990. The van der Waals surface area contributed by atoms with Crippen molar-refractivity contribution in [3.63, 3.8) is 0 Å². The molecule has 0 saturated carbocycles. The largest absolute Gasteiger partial charge is 0.493 e. The average molecular weight is 781 g/mol. The van der Waals surface area contributed by atoms with Crippen molar-refractivity contribution in [3.8, 4) is 22.9 Å². The molecule has 288 valence electrons. The summed E-state index contributed by atoms with van der Waals surface area (Å²) in [5.41, 5.74) is -5.49. The van der Waals surface area contributed by atoms with Gasteiger partial charge in [0.05, 0.1) is 66.8 Å². The lowest BCUT2D eigenvalue weighted by Crippen LogP contribution is -2.49. The summed E-state index contributed by atoms with van der Waals surface area (Å²) >= 11 is 0. The van der Waals surface area contributed by atoms with Crippen molar-refractivity contribution in [2.75, 3.05) is 20.8 Å². The Hall–Kier alpha value is -5.34. The molecule has 5 aromatic rings. The van der Waals surface area contributed by atoms with E-state index in [9.17, 15) is 52.7 Å². The number of alkyl halides is 12. The molecule has 21 heteroatoms. The molecule has 0 N–H and O–H groups in total. The normalized spacial score (nSPS) is 14.9. The van der Waals surface area contributed by atoms with Crippen LogP contribution in [0.25, 0.3) is 11.4 Å². The first kappa shape index (κ1) is 38.4. The summed E-state index contributed by atoms with van der Waals surface area (Å²) in [5, 5.41) is 15.7. The Labute approximate surface area is 296 Å². The van der Waals surface area contributed by atoms with Crippen LogP contribution in [0.4, 0.5) is 52.7 Å². The van der Waals surface area contributed by atoms with Gasteiger partial charge in [-0.15, -0.1) is 10.2 Å². The second-order valence-corrected chi connectivity index (χ2v) is 12.6. The molecular weight excluding hydrogens is 754 g/mol. The molecule has 0 radical (unpaired) electrons. The van der Waals surface area contributed by atoms with E-state index in [0.29, 0.717) is 48.7 Å². The summed E-state index contributed by atoms with van der Waals surface area (Å²) in [7, 11) is 2.87. The number of aromatic nitrogens is 6. The van der Waals surface area contributed by atoms with Gasteiger partial charge in [0.25, 0.3) is 0 Å². The van der Waals surface area contributed by atoms with Crippen LogP contribution in [0.5, 0.6) is 11.5 Å². The van der Waals surface area contributed by atoms with E-state index in [1.165, 1.54) is 14.2 Å². The van der Waals surface area contributed by atoms with Gasteiger partial charge in [-0.1, -0.05) is 10.4 Å². The van der Waals surface area contributed by atoms with Crippen LogP contribution in [0.3, 0.4) is 0 Å². The number of hydrogen-bond donors (Lipinski definition) is 0. The summed E-state index contributed by atoms with van der Waals surface area (Å²) in [6.45, 7) is 0.408. The molecule has 1 aliphatic rings. The van der Waals surface area contributed by atoms with E-state index in [1.807, 2.05) is 0 Å². The highest BCUT2D eigenvalue weighted by molar-refractivity contribution is 5.48. The fourth-order valence-electron chi connectivity index (χ4n) is 6.29. The van der Waals surface area contributed by atoms with E-state index in [1.54, 1.807) is 12.1 Å². The Morgan fingerprint density at radius 1 is 0.556 bits per heavy atom. The van der Waals surface area contributed by atoms with Gasteiger partial charge >= 0.3 is 24.7 Å². The molecule has 9 nitrogen and oxygen atoms in total. The van der Waals surface area contributed by atoms with Crippen LogP contribution < -0.4 is 9.47 Å². The van der Waals surface area contributed by atoms with Crippen LogP contribution in [-0.2, 0) is 50.8 Å². The predicted octanol–water partition coefficient (Wildman–Crippen LogP) is 8.21. The van der Waals surface area contributed by atoms with Crippen molar-refractivity contribution in [1.82, 2.24) is 30.0 Å². The first-order valence-electron chi connectivity index (χ1n) is 15.6. The molecule has 2 aromatic heterocycles. The molecule has 0 amide bonds. The van der Waals surface area contributed by atoms with Crippen LogP contribution in [0.1, 0.15) is 44.8 Å². The molecular formula is C33H26F12N7O2+. The third kappa shape index (κ3) is 8.09. The fourth-order valence-corrected chi connectivity index (χ4v) is 6.29. The molecule has 0 bridgehead atoms. The Kier molecular flexibility index (Phi) is 9.60. The molecule has 3 aromatic carbocycles. The van der Waals surface area contributed by atoms with Gasteiger partial charge in [-0.25, -0.2) is 9.36 Å². The zero-order valence-corrected chi connectivity index (χ0v) is 27.8. The minimum atomic E-state index is -5.11. The van der Waals surface area contributed by atoms with Gasteiger partial charge in [0, 0.05) is 12.0 Å². The van der Waals surface area contributed by atoms with E-state index in [-0.39, 0.29) is 47.6 Å². The number of quaternary nitrogens is 1. The maximum atomic E-state index is 13.6. The standard InChI is InChI=1S/C33H26F12N7O2/c1-53-28-5-18-3-4-52(15-19(18)6-29(28)54-2,16-24-13-50(48-46-24)26-9-20(30(34,35)36)7-21(10-26)31(37,38)39)17-25-14-51(49-47-25)27-11-22(32(40,41)42)8-23(12-27)33(43,44)45/h5-14H,3-4,15-17H2,1-2H3/q+1. The third-order valence-electron chi connectivity index (χ3n) is 8.82. The second kappa shape index (κ2) is 13.5. The fraction of sp³-hybridized carbons (Fsp3) is 0.333. The van der Waals surface area contributed by atoms with Crippen LogP contribution >= 0.6 is 0 Å². The molecule has 1 aliphatic heterocycles. The lowest BCUT2D eigenvalue weighted by Gasteiger charge is -2.41. The second-order valence-electron chi connectivity index (χ2n) is 12.6. The van der Waals surface area contributed by atoms with E-state index < -0.39 is 58.3 Å². The van der Waals surface area contributed by atoms with E-state index in [0.717, 1.165) is 32.9 Å². The van der Waals surface area contributed by atoms with Crippen LogP contribution in [-0.4, -0.2) is 55.2 Å². The highest BCUT2D eigenvalue weighted by Gasteiger charge is 2.40. The van der Waals surface area contributed by atoms with E-state index in [4.69, 9.17) is 9.47 Å². The van der Waals surface area contributed by atoms with Crippen LogP contribution in [0.2, 0.25) is 0 Å². The number of benzene rings is 3. The third-order valence-corrected chi connectivity index (χ3v) is 8.82. The molecule has 0 aliphatic carbocycles. The van der Waals surface area contributed by atoms with Crippen molar-refractivity contribution < 1.29 is 66.6 Å². The first-order chi connectivity index (χ1) is 25.1. The maximum Gasteiger partial charge on any atom is 0.416 e. The number of fused-ring (bicyclic) bond motifs is 1. The number of methoxy groups -OCH3 is 2. The van der Waals surface area contributed by atoms with Gasteiger partial charge in [-0.05, 0) is 54.1 Å². The highest BCUT2D eigenvalue weighted by atomic mass is 19.4. The summed E-state index contributed by atoms with van der Waals surface area (Å²) in [4.78, 5) is 0. The van der Waals surface area contributed by atoms with Gasteiger partial charge in [-0.2, -0.15) is 52.7 Å². The molecule has 0 atom stereocenters. The topological polar surface area (TPSA) is 79.9 Å². The Morgan fingerprint density at radius 2 is 0.926 bits per heavy atom. The van der Waals surface area contributed by atoms with Gasteiger partial charge in [0.15, 0.2) is 11.5 Å². The smallest absolute Gasteiger partial charge is 0.416 e. The monoisotopic (exact) mass is 780 g/mol. The number of halogens is 12. The zero-order valence-electron chi connectivity index (χ0n) is 27.8.